The molecule has 1 N–H and O–H groups in total. The van der Waals surface area contributed by atoms with Crippen LogP contribution in [0.4, 0.5) is 0 Å². The maximum Gasteiger partial charge on any atom is 0.262 e. The minimum atomic E-state index is -0.571. The molecule has 0 aliphatic carbocycles. The van der Waals surface area contributed by atoms with Crippen LogP contribution in [0.2, 0.25) is 0 Å². The summed E-state index contributed by atoms with van der Waals surface area (Å²) >= 11 is 0. The van der Waals surface area contributed by atoms with Gasteiger partial charge in [-0.3, -0.25) is 9.78 Å². The van der Waals surface area contributed by atoms with Crippen molar-refractivity contribution in [2.75, 3.05) is 20.7 Å². The van der Waals surface area contributed by atoms with Crippen LogP contribution in [0, 0.1) is 0 Å². The van der Waals surface area contributed by atoms with Crippen LogP contribution in [0.5, 0.6) is 11.5 Å². The molecule has 6 nitrogen and oxygen atoms in total. The smallest absolute Gasteiger partial charge is 0.262 e. The Labute approximate surface area is 155 Å². The van der Waals surface area contributed by atoms with E-state index in [4.69, 9.17) is 9.47 Å². The van der Waals surface area contributed by atoms with Crippen LogP contribution in [0.15, 0.2) is 42.7 Å². The highest BCUT2D eigenvalue weighted by atomic mass is 16.5. The van der Waals surface area contributed by atoms with Crippen LogP contribution in [-0.4, -0.2) is 42.6 Å². The van der Waals surface area contributed by atoms with Crippen LogP contribution in [-0.2, 0) is 17.9 Å². The Morgan fingerprint density at radius 1 is 1.19 bits per heavy atom. The Morgan fingerprint density at radius 3 is 2.62 bits per heavy atom. The van der Waals surface area contributed by atoms with Crippen molar-refractivity contribution in [3.05, 3.63) is 53.9 Å². The highest BCUT2D eigenvalue weighted by Gasteiger charge is 2.18. The second-order valence-electron chi connectivity index (χ2n) is 6.17. The highest BCUT2D eigenvalue weighted by Crippen LogP contribution is 2.29. The van der Waals surface area contributed by atoms with Crippen molar-refractivity contribution in [1.29, 1.82) is 0 Å². The number of rotatable bonds is 9. The standard InChI is InChI=1S/C20H27N3O3/c1-5-25-19-11-16(12-22-14-17-7-6-10-21-13-17)8-9-18(19)26-15(2)20(24)23(3)4/h6-11,13,15,22H,5,12,14H2,1-4H3. The number of aromatic nitrogens is 1. The summed E-state index contributed by atoms with van der Waals surface area (Å²) in [6, 6.07) is 9.73. The molecule has 0 fully saturated rings. The second-order valence-corrected chi connectivity index (χ2v) is 6.17. The first kappa shape index (κ1) is 19.7. The van der Waals surface area contributed by atoms with Crippen LogP contribution >= 0.6 is 0 Å². The molecule has 0 radical (unpaired) electrons. The highest BCUT2D eigenvalue weighted by molar-refractivity contribution is 5.80. The minimum Gasteiger partial charge on any atom is -0.490 e. The van der Waals surface area contributed by atoms with E-state index in [1.807, 2.05) is 43.5 Å². The van der Waals surface area contributed by atoms with E-state index in [2.05, 4.69) is 10.3 Å². The lowest BCUT2D eigenvalue weighted by Gasteiger charge is -2.20. The van der Waals surface area contributed by atoms with Crippen molar-refractivity contribution in [3.8, 4) is 11.5 Å². The molecule has 1 aromatic heterocycles. The van der Waals surface area contributed by atoms with Gasteiger partial charge >= 0.3 is 0 Å². The van der Waals surface area contributed by atoms with E-state index in [-0.39, 0.29) is 5.91 Å². The van der Waals surface area contributed by atoms with E-state index in [1.165, 1.54) is 4.90 Å². The zero-order chi connectivity index (χ0) is 18.9. The van der Waals surface area contributed by atoms with E-state index < -0.39 is 6.10 Å². The van der Waals surface area contributed by atoms with Crippen LogP contribution in [0.3, 0.4) is 0 Å². The number of carbonyl (C=O) groups excluding carboxylic acids is 1. The average Bonchev–Trinajstić information content (AvgIpc) is 2.64. The van der Waals surface area contributed by atoms with Gasteiger partial charge in [0.1, 0.15) is 0 Å². The van der Waals surface area contributed by atoms with Gasteiger partial charge in [0.15, 0.2) is 17.6 Å². The monoisotopic (exact) mass is 357 g/mol. The fourth-order valence-electron chi connectivity index (χ4n) is 2.49. The Hall–Kier alpha value is -2.60. The molecule has 2 aromatic rings. The van der Waals surface area contributed by atoms with Crippen molar-refractivity contribution in [2.45, 2.75) is 33.0 Å². The number of pyridine rings is 1. The summed E-state index contributed by atoms with van der Waals surface area (Å²) in [7, 11) is 3.42. The lowest BCUT2D eigenvalue weighted by molar-refractivity contribution is -0.135. The number of likely N-dealkylation sites (N-methyl/N-ethyl adjacent to an activating group) is 1. The summed E-state index contributed by atoms with van der Waals surface area (Å²) in [5.41, 5.74) is 2.21. The van der Waals surface area contributed by atoms with Crippen molar-refractivity contribution in [1.82, 2.24) is 15.2 Å². The molecule has 1 amide bonds. The Balaban J connectivity index is 2.01. The van der Waals surface area contributed by atoms with Crippen molar-refractivity contribution >= 4 is 5.91 Å². The molecule has 0 aliphatic heterocycles. The van der Waals surface area contributed by atoms with Gasteiger partial charge in [0.25, 0.3) is 5.91 Å². The molecule has 0 spiro atoms. The lowest BCUT2D eigenvalue weighted by Crippen LogP contribution is -2.35. The lowest BCUT2D eigenvalue weighted by atomic mass is 10.2. The fraction of sp³-hybridized carbons (Fsp3) is 0.400. The number of amides is 1. The third-order valence-electron chi connectivity index (χ3n) is 3.78. The van der Waals surface area contributed by atoms with Gasteiger partial charge in [-0.15, -0.1) is 0 Å². The SMILES string of the molecule is CCOc1cc(CNCc2cccnc2)ccc1OC(C)C(=O)N(C)C. The molecule has 26 heavy (non-hydrogen) atoms. The Morgan fingerprint density at radius 2 is 1.96 bits per heavy atom. The van der Waals surface area contributed by atoms with E-state index in [9.17, 15) is 4.79 Å². The van der Waals surface area contributed by atoms with Gasteiger partial charge in [-0.25, -0.2) is 0 Å². The normalized spacial score (nSPS) is 11.7. The number of nitrogens with one attached hydrogen (secondary N) is 1. The largest absolute Gasteiger partial charge is 0.490 e. The van der Waals surface area contributed by atoms with Gasteiger partial charge in [-0.2, -0.15) is 0 Å². The summed E-state index contributed by atoms with van der Waals surface area (Å²) in [6.45, 7) is 5.62. The third-order valence-corrected chi connectivity index (χ3v) is 3.78. The zero-order valence-corrected chi connectivity index (χ0v) is 15.9. The molecule has 0 saturated carbocycles. The number of nitrogens with zero attached hydrogens (tertiary/aromatic N) is 2. The van der Waals surface area contributed by atoms with E-state index in [0.29, 0.717) is 24.7 Å². The van der Waals surface area contributed by atoms with Gasteiger partial charge in [-0.1, -0.05) is 12.1 Å². The maximum atomic E-state index is 12.0. The molecule has 140 valence electrons. The van der Waals surface area contributed by atoms with Gasteiger partial charge in [0.2, 0.25) is 0 Å². The number of benzene rings is 1. The van der Waals surface area contributed by atoms with Crippen molar-refractivity contribution < 1.29 is 14.3 Å². The first-order chi connectivity index (χ1) is 12.5. The molecule has 6 heteroatoms. The number of carbonyl (C=O) groups is 1. The third kappa shape index (κ3) is 5.74. The fourth-order valence-corrected chi connectivity index (χ4v) is 2.49. The van der Waals surface area contributed by atoms with Crippen molar-refractivity contribution in [2.24, 2.45) is 0 Å². The molecule has 1 aromatic carbocycles. The summed E-state index contributed by atoms with van der Waals surface area (Å²) < 4.78 is 11.5. The molecule has 2 rings (SSSR count). The topological polar surface area (TPSA) is 63.7 Å². The minimum absolute atomic E-state index is 0.0883. The molecule has 0 saturated heterocycles. The summed E-state index contributed by atoms with van der Waals surface area (Å²) in [4.78, 5) is 17.6. The number of hydrogen-bond donors (Lipinski definition) is 1. The first-order valence-corrected chi connectivity index (χ1v) is 8.74. The van der Waals surface area contributed by atoms with Crippen LogP contribution < -0.4 is 14.8 Å². The average molecular weight is 357 g/mol. The first-order valence-electron chi connectivity index (χ1n) is 8.74. The van der Waals surface area contributed by atoms with Crippen molar-refractivity contribution in [3.63, 3.8) is 0 Å². The predicted molar refractivity (Wildman–Crippen MR) is 101 cm³/mol. The predicted octanol–water partition coefficient (Wildman–Crippen LogP) is 2.63. The Bertz CT molecular complexity index is 705. The van der Waals surface area contributed by atoms with E-state index >= 15 is 0 Å². The molecule has 0 bridgehead atoms. The van der Waals surface area contributed by atoms with E-state index in [1.54, 1.807) is 27.2 Å². The van der Waals surface area contributed by atoms with Gasteiger partial charge in [-0.05, 0) is 43.2 Å². The number of hydrogen-bond acceptors (Lipinski definition) is 5. The molecule has 0 aliphatic rings. The Kier molecular flexibility index (Phi) is 7.41. The second kappa shape index (κ2) is 9.77. The van der Waals surface area contributed by atoms with Gasteiger partial charge in [0.05, 0.1) is 6.61 Å². The summed E-state index contributed by atoms with van der Waals surface area (Å²) in [6.07, 6.45) is 3.04. The van der Waals surface area contributed by atoms with Gasteiger partial charge in [0, 0.05) is 39.6 Å². The molecular formula is C20H27N3O3. The summed E-state index contributed by atoms with van der Waals surface area (Å²) in [5, 5.41) is 3.38. The van der Waals surface area contributed by atoms with Gasteiger partial charge < -0.3 is 19.7 Å². The molecule has 1 heterocycles. The van der Waals surface area contributed by atoms with Crippen LogP contribution in [0.1, 0.15) is 25.0 Å². The van der Waals surface area contributed by atoms with E-state index in [0.717, 1.165) is 17.7 Å². The summed E-state index contributed by atoms with van der Waals surface area (Å²) in [5.74, 6) is 1.13. The molecule has 1 unspecified atom stereocenters. The maximum absolute atomic E-state index is 12.0. The number of ether oxygens (including phenoxy) is 2. The van der Waals surface area contributed by atoms with Crippen LogP contribution in [0.25, 0.3) is 0 Å². The zero-order valence-electron chi connectivity index (χ0n) is 15.9. The molecular weight excluding hydrogens is 330 g/mol. The molecule has 1 atom stereocenters. The quantitative estimate of drug-likeness (QED) is 0.747.